The van der Waals surface area contributed by atoms with Crippen molar-refractivity contribution in [3.63, 3.8) is 0 Å². The number of benzene rings is 2. The molecule has 0 aliphatic heterocycles. The molecule has 2 heterocycles. The Bertz CT molecular complexity index is 1050. The molecule has 0 atom stereocenters. The molecular formula is C22H18N2O2. The normalized spacial score (nSPS) is 10.8. The van der Waals surface area contributed by atoms with Crippen LogP contribution in [0.5, 0.6) is 0 Å². The fraction of sp³-hybridized carbons (Fsp3) is 0.0909. The van der Waals surface area contributed by atoms with Gasteiger partial charge in [-0.3, -0.25) is 0 Å². The fourth-order valence-corrected chi connectivity index (χ4v) is 3.15. The van der Waals surface area contributed by atoms with Crippen molar-refractivity contribution in [1.82, 2.24) is 9.55 Å². The summed E-state index contributed by atoms with van der Waals surface area (Å²) in [5.74, 6) is -0.322. The highest BCUT2D eigenvalue weighted by molar-refractivity contribution is 5.93. The Morgan fingerprint density at radius 2 is 1.77 bits per heavy atom. The Morgan fingerprint density at radius 1 is 1.00 bits per heavy atom. The predicted octanol–water partition coefficient (Wildman–Crippen LogP) is 4.54. The van der Waals surface area contributed by atoms with Gasteiger partial charge in [-0.1, -0.05) is 42.5 Å². The second-order valence-corrected chi connectivity index (χ2v) is 6.09. The number of carbonyl (C=O) groups excluding carboxylic acids is 1. The summed E-state index contributed by atoms with van der Waals surface area (Å²) < 4.78 is 6.86. The molecule has 4 rings (SSSR count). The van der Waals surface area contributed by atoms with Gasteiger partial charge in [0.25, 0.3) is 0 Å². The highest BCUT2D eigenvalue weighted by Crippen LogP contribution is 2.28. The highest BCUT2D eigenvalue weighted by Gasteiger charge is 2.10. The molecule has 0 radical (unpaired) electrons. The number of aromatic nitrogens is 2. The lowest BCUT2D eigenvalue weighted by molar-refractivity contribution is 0.0600. The van der Waals surface area contributed by atoms with Crippen LogP contribution in [0.1, 0.15) is 15.9 Å². The van der Waals surface area contributed by atoms with Crippen LogP contribution in [0.4, 0.5) is 0 Å². The number of fused-ring (bicyclic) bond motifs is 1. The van der Waals surface area contributed by atoms with Crippen molar-refractivity contribution in [3.05, 3.63) is 90.3 Å². The summed E-state index contributed by atoms with van der Waals surface area (Å²) >= 11 is 0. The van der Waals surface area contributed by atoms with E-state index >= 15 is 0 Å². The van der Waals surface area contributed by atoms with Crippen LogP contribution >= 0.6 is 0 Å². The molecule has 0 fully saturated rings. The third-order valence-electron chi connectivity index (χ3n) is 4.48. The number of hydrogen-bond acceptors (Lipinski definition) is 3. The molecule has 4 aromatic rings. The van der Waals surface area contributed by atoms with Crippen molar-refractivity contribution >= 4 is 17.0 Å². The maximum Gasteiger partial charge on any atom is 0.337 e. The molecule has 0 aliphatic carbocycles. The smallest absolute Gasteiger partial charge is 0.337 e. The first-order valence-corrected chi connectivity index (χ1v) is 8.43. The van der Waals surface area contributed by atoms with Crippen LogP contribution in [0, 0.1) is 0 Å². The summed E-state index contributed by atoms with van der Waals surface area (Å²) in [7, 11) is 1.39. The Balaban J connectivity index is 1.67. The first-order chi connectivity index (χ1) is 12.8. The molecule has 2 aromatic carbocycles. The van der Waals surface area contributed by atoms with Gasteiger partial charge in [0.2, 0.25) is 0 Å². The van der Waals surface area contributed by atoms with Crippen LogP contribution in [0.3, 0.4) is 0 Å². The van der Waals surface area contributed by atoms with Gasteiger partial charge in [-0.15, -0.1) is 0 Å². The van der Waals surface area contributed by atoms with E-state index in [1.807, 2.05) is 42.6 Å². The molecule has 0 unspecified atom stereocenters. The largest absolute Gasteiger partial charge is 0.465 e. The summed E-state index contributed by atoms with van der Waals surface area (Å²) in [6.45, 7) is 0.691. The summed E-state index contributed by atoms with van der Waals surface area (Å²) in [5, 5.41) is 1.13. The molecule has 4 nitrogen and oxygen atoms in total. The van der Waals surface area contributed by atoms with E-state index in [0.717, 1.165) is 16.6 Å². The zero-order valence-corrected chi connectivity index (χ0v) is 14.4. The summed E-state index contributed by atoms with van der Waals surface area (Å²) in [4.78, 5) is 16.1. The number of methoxy groups -OCH3 is 1. The zero-order valence-electron chi connectivity index (χ0n) is 14.4. The van der Waals surface area contributed by atoms with Crippen molar-refractivity contribution in [1.29, 1.82) is 0 Å². The first kappa shape index (κ1) is 16.1. The van der Waals surface area contributed by atoms with E-state index < -0.39 is 0 Å². The van der Waals surface area contributed by atoms with E-state index in [0.29, 0.717) is 12.1 Å². The standard InChI is InChI=1S/C22H18N2O2/c1-26-22(25)18-9-7-16(8-10-18)15-24-14-12-20-19(11-13-23-21(20)24)17-5-3-2-4-6-17/h2-14H,15H2,1H3. The molecule has 0 saturated heterocycles. The second-order valence-electron chi connectivity index (χ2n) is 6.09. The summed E-state index contributed by atoms with van der Waals surface area (Å²) in [5.41, 5.74) is 4.96. The third kappa shape index (κ3) is 2.97. The average Bonchev–Trinajstić information content (AvgIpc) is 3.11. The molecular weight excluding hydrogens is 324 g/mol. The SMILES string of the molecule is COC(=O)c1ccc(Cn2ccc3c(-c4ccccc4)ccnc32)cc1. The lowest BCUT2D eigenvalue weighted by atomic mass is 10.0. The second kappa shape index (κ2) is 6.84. The first-order valence-electron chi connectivity index (χ1n) is 8.43. The molecule has 0 aliphatic rings. The minimum absolute atomic E-state index is 0.322. The van der Waals surface area contributed by atoms with Gasteiger partial charge in [0, 0.05) is 24.3 Å². The van der Waals surface area contributed by atoms with Crippen LogP contribution in [-0.4, -0.2) is 22.6 Å². The Labute approximate surface area is 151 Å². The van der Waals surface area contributed by atoms with Crippen molar-refractivity contribution in [2.45, 2.75) is 6.54 Å². The number of nitrogens with zero attached hydrogens (tertiary/aromatic N) is 2. The monoisotopic (exact) mass is 342 g/mol. The van der Waals surface area contributed by atoms with Gasteiger partial charge in [0.15, 0.2) is 0 Å². The molecule has 26 heavy (non-hydrogen) atoms. The van der Waals surface area contributed by atoms with E-state index in [2.05, 4.69) is 33.9 Å². The van der Waals surface area contributed by atoms with Crippen molar-refractivity contribution in [3.8, 4) is 11.1 Å². The van der Waals surface area contributed by atoms with Crippen LogP contribution in [-0.2, 0) is 11.3 Å². The maximum atomic E-state index is 11.6. The molecule has 4 heteroatoms. The molecule has 0 spiro atoms. The molecule has 128 valence electrons. The number of carbonyl (C=O) groups is 1. The van der Waals surface area contributed by atoms with E-state index in [1.54, 1.807) is 12.1 Å². The van der Waals surface area contributed by atoms with E-state index in [-0.39, 0.29) is 5.97 Å². The van der Waals surface area contributed by atoms with Crippen molar-refractivity contribution in [2.24, 2.45) is 0 Å². The predicted molar refractivity (Wildman–Crippen MR) is 102 cm³/mol. The van der Waals surface area contributed by atoms with Crippen LogP contribution in [0.15, 0.2) is 79.1 Å². The van der Waals surface area contributed by atoms with Gasteiger partial charge >= 0.3 is 5.97 Å². The summed E-state index contributed by atoms with van der Waals surface area (Å²) in [6, 6.07) is 21.9. The number of hydrogen-bond donors (Lipinski definition) is 0. The summed E-state index contributed by atoms with van der Waals surface area (Å²) in [6.07, 6.45) is 3.90. The number of pyridine rings is 1. The third-order valence-corrected chi connectivity index (χ3v) is 4.48. The van der Waals surface area contributed by atoms with Gasteiger partial charge in [-0.2, -0.15) is 0 Å². The topological polar surface area (TPSA) is 44.1 Å². The molecule has 0 bridgehead atoms. The quantitative estimate of drug-likeness (QED) is 0.512. The van der Waals surface area contributed by atoms with Gasteiger partial charge in [-0.05, 0) is 41.0 Å². The van der Waals surface area contributed by atoms with Crippen LogP contribution in [0.2, 0.25) is 0 Å². The Morgan fingerprint density at radius 3 is 2.50 bits per heavy atom. The van der Waals surface area contributed by atoms with E-state index in [1.165, 1.54) is 18.2 Å². The lowest BCUT2D eigenvalue weighted by Crippen LogP contribution is -2.03. The fourth-order valence-electron chi connectivity index (χ4n) is 3.15. The average molecular weight is 342 g/mol. The van der Waals surface area contributed by atoms with Gasteiger partial charge in [0.05, 0.1) is 12.7 Å². The van der Waals surface area contributed by atoms with Crippen molar-refractivity contribution in [2.75, 3.05) is 7.11 Å². The number of esters is 1. The molecule has 0 N–H and O–H groups in total. The molecule has 0 amide bonds. The molecule has 2 aromatic heterocycles. The van der Waals surface area contributed by atoms with Gasteiger partial charge < -0.3 is 9.30 Å². The molecule has 0 saturated carbocycles. The van der Waals surface area contributed by atoms with Gasteiger partial charge in [0.1, 0.15) is 5.65 Å². The maximum absolute atomic E-state index is 11.6. The van der Waals surface area contributed by atoms with E-state index in [9.17, 15) is 4.79 Å². The number of ether oxygens (including phenoxy) is 1. The van der Waals surface area contributed by atoms with Crippen LogP contribution < -0.4 is 0 Å². The highest BCUT2D eigenvalue weighted by atomic mass is 16.5. The van der Waals surface area contributed by atoms with Crippen molar-refractivity contribution < 1.29 is 9.53 Å². The lowest BCUT2D eigenvalue weighted by Gasteiger charge is -2.08. The Kier molecular flexibility index (Phi) is 4.23. The van der Waals surface area contributed by atoms with Gasteiger partial charge in [-0.25, -0.2) is 9.78 Å². The number of rotatable bonds is 4. The zero-order chi connectivity index (χ0) is 17.9. The Hall–Kier alpha value is -3.40. The minimum Gasteiger partial charge on any atom is -0.465 e. The van der Waals surface area contributed by atoms with E-state index in [4.69, 9.17) is 4.74 Å². The van der Waals surface area contributed by atoms with Crippen LogP contribution in [0.25, 0.3) is 22.2 Å². The minimum atomic E-state index is -0.322.